The highest BCUT2D eigenvalue weighted by Crippen LogP contribution is 2.10. The van der Waals surface area contributed by atoms with Gasteiger partial charge in [0.1, 0.15) is 0 Å². The van der Waals surface area contributed by atoms with E-state index in [2.05, 4.69) is 36.2 Å². The van der Waals surface area contributed by atoms with Crippen molar-refractivity contribution in [2.45, 2.75) is 32.4 Å². The molecular formula is C16H25ClN2O. The summed E-state index contributed by atoms with van der Waals surface area (Å²) in [5, 5.41) is 4.29. The SMILES string of the molecule is CC(C)N1CCOC(CNCCc2ccc(Cl)cc2)C1. The van der Waals surface area contributed by atoms with Crippen LogP contribution in [0.1, 0.15) is 19.4 Å². The highest BCUT2D eigenvalue weighted by Gasteiger charge is 2.21. The Hall–Kier alpha value is -0.610. The van der Waals surface area contributed by atoms with Crippen LogP contribution in [0.2, 0.25) is 5.02 Å². The summed E-state index contributed by atoms with van der Waals surface area (Å²) in [5.41, 5.74) is 1.32. The molecule has 0 aromatic heterocycles. The highest BCUT2D eigenvalue weighted by molar-refractivity contribution is 6.30. The molecule has 1 aliphatic rings. The minimum atomic E-state index is 0.316. The quantitative estimate of drug-likeness (QED) is 0.817. The molecule has 1 aromatic carbocycles. The van der Waals surface area contributed by atoms with Crippen LogP contribution in [0.3, 0.4) is 0 Å². The van der Waals surface area contributed by atoms with E-state index >= 15 is 0 Å². The molecule has 0 radical (unpaired) electrons. The Morgan fingerprint density at radius 3 is 2.80 bits per heavy atom. The number of nitrogens with one attached hydrogen (secondary N) is 1. The first-order valence-electron chi connectivity index (χ1n) is 7.46. The van der Waals surface area contributed by atoms with Crippen LogP contribution < -0.4 is 5.32 Å². The van der Waals surface area contributed by atoms with Gasteiger partial charge in [0.25, 0.3) is 0 Å². The molecule has 1 N–H and O–H groups in total. The minimum Gasteiger partial charge on any atom is -0.374 e. The average molecular weight is 297 g/mol. The average Bonchev–Trinajstić information content (AvgIpc) is 2.46. The fraction of sp³-hybridized carbons (Fsp3) is 0.625. The normalized spacial score (nSPS) is 20.5. The van der Waals surface area contributed by atoms with E-state index in [9.17, 15) is 0 Å². The Kier molecular flexibility index (Phi) is 6.30. The van der Waals surface area contributed by atoms with Crippen molar-refractivity contribution < 1.29 is 4.74 Å². The Labute approximate surface area is 127 Å². The van der Waals surface area contributed by atoms with E-state index in [1.165, 1.54) is 5.56 Å². The molecule has 1 aromatic rings. The van der Waals surface area contributed by atoms with Gasteiger partial charge in [-0.05, 0) is 44.5 Å². The van der Waals surface area contributed by atoms with Crippen molar-refractivity contribution >= 4 is 11.6 Å². The lowest BCUT2D eigenvalue weighted by molar-refractivity contribution is -0.0370. The molecule has 0 bridgehead atoms. The number of nitrogens with zero attached hydrogens (tertiary/aromatic N) is 1. The Morgan fingerprint density at radius 2 is 2.10 bits per heavy atom. The third-order valence-electron chi connectivity index (χ3n) is 3.78. The zero-order chi connectivity index (χ0) is 14.4. The van der Waals surface area contributed by atoms with Crippen molar-refractivity contribution in [2.75, 3.05) is 32.8 Å². The van der Waals surface area contributed by atoms with Gasteiger partial charge in [-0.25, -0.2) is 0 Å². The third kappa shape index (κ3) is 5.06. The molecule has 3 nitrogen and oxygen atoms in total. The summed E-state index contributed by atoms with van der Waals surface area (Å²) in [5.74, 6) is 0. The van der Waals surface area contributed by atoms with Crippen LogP contribution in [0.4, 0.5) is 0 Å². The molecule has 0 saturated carbocycles. The van der Waals surface area contributed by atoms with Crippen LogP contribution in [0.15, 0.2) is 24.3 Å². The molecule has 1 atom stereocenters. The molecule has 1 unspecified atom stereocenters. The number of halogens is 1. The summed E-state index contributed by atoms with van der Waals surface area (Å²) < 4.78 is 5.80. The predicted octanol–water partition coefficient (Wildman–Crippen LogP) is 2.58. The van der Waals surface area contributed by atoms with Gasteiger partial charge in [0.2, 0.25) is 0 Å². The lowest BCUT2D eigenvalue weighted by Crippen LogP contribution is -2.49. The van der Waals surface area contributed by atoms with Gasteiger partial charge in [-0.15, -0.1) is 0 Å². The second-order valence-electron chi connectivity index (χ2n) is 5.66. The summed E-state index contributed by atoms with van der Waals surface area (Å²) in [4.78, 5) is 2.48. The smallest absolute Gasteiger partial charge is 0.0826 e. The maximum atomic E-state index is 5.88. The molecule has 2 rings (SSSR count). The van der Waals surface area contributed by atoms with Crippen LogP contribution in [0.25, 0.3) is 0 Å². The topological polar surface area (TPSA) is 24.5 Å². The standard InChI is InChI=1S/C16H25ClN2O/c1-13(2)19-9-10-20-16(12-19)11-18-8-7-14-3-5-15(17)6-4-14/h3-6,13,16,18H,7-12H2,1-2H3. The highest BCUT2D eigenvalue weighted by atomic mass is 35.5. The van der Waals surface area contributed by atoms with Gasteiger partial charge in [-0.1, -0.05) is 23.7 Å². The van der Waals surface area contributed by atoms with Crippen molar-refractivity contribution in [3.8, 4) is 0 Å². The molecule has 1 heterocycles. The minimum absolute atomic E-state index is 0.316. The zero-order valence-electron chi connectivity index (χ0n) is 12.4. The van der Waals surface area contributed by atoms with Crippen molar-refractivity contribution in [1.82, 2.24) is 10.2 Å². The number of morpholine rings is 1. The number of rotatable bonds is 6. The van der Waals surface area contributed by atoms with E-state index in [1.807, 2.05) is 12.1 Å². The summed E-state index contributed by atoms with van der Waals surface area (Å²) in [6.07, 6.45) is 1.34. The Balaban J connectivity index is 1.64. The van der Waals surface area contributed by atoms with Crippen molar-refractivity contribution in [1.29, 1.82) is 0 Å². The van der Waals surface area contributed by atoms with E-state index in [-0.39, 0.29) is 0 Å². The molecule has 1 saturated heterocycles. The second kappa shape index (κ2) is 7.99. The number of hydrogen-bond donors (Lipinski definition) is 1. The molecule has 0 aliphatic carbocycles. The van der Waals surface area contributed by atoms with Gasteiger partial charge in [0, 0.05) is 30.7 Å². The van der Waals surface area contributed by atoms with Crippen molar-refractivity contribution in [3.05, 3.63) is 34.9 Å². The third-order valence-corrected chi connectivity index (χ3v) is 4.03. The van der Waals surface area contributed by atoms with E-state index in [0.29, 0.717) is 12.1 Å². The second-order valence-corrected chi connectivity index (χ2v) is 6.10. The van der Waals surface area contributed by atoms with Crippen LogP contribution in [0, 0.1) is 0 Å². The molecule has 112 valence electrons. The number of ether oxygens (including phenoxy) is 1. The number of hydrogen-bond acceptors (Lipinski definition) is 3. The predicted molar refractivity (Wildman–Crippen MR) is 84.5 cm³/mol. The molecule has 4 heteroatoms. The molecule has 1 aliphatic heterocycles. The monoisotopic (exact) mass is 296 g/mol. The largest absolute Gasteiger partial charge is 0.374 e. The Morgan fingerprint density at radius 1 is 1.35 bits per heavy atom. The Bertz CT molecular complexity index is 394. The van der Waals surface area contributed by atoms with Crippen LogP contribution >= 0.6 is 11.6 Å². The van der Waals surface area contributed by atoms with Gasteiger partial charge >= 0.3 is 0 Å². The van der Waals surface area contributed by atoms with Crippen LogP contribution in [-0.2, 0) is 11.2 Å². The van der Waals surface area contributed by atoms with Gasteiger partial charge in [-0.2, -0.15) is 0 Å². The van der Waals surface area contributed by atoms with Crippen LogP contribution in [0.5, 0.6) is 0 Å². The van der Waals surface area contributed by atoms with E-state index in [1.54, 1.807) is 0 Å². The first kappa shape index (κ1) is 15.8. The molecular weight excluding hydrogens is 272 g/mol. The van der Waals surface area contributed by atoms with Gasteiger partial charge < -0.3 is 10.1 Å². The molecule has 1 fully saturated rings. The van der Waals surface area contributed by atoms with Gasteiger partial charge in [0.15, 0.2) is 0 Å². The summed E-state index contributed by atoms with van der Waals surface area (Å²) >= 11 is 5.88. The van der Waals surface area contributed by atoms with Crippen molar-refractivity contribution in [3.63, 3.8) is 0 Å². The first-order valence-corrected chi connectivity index (χ1v) is 7.84. The molecule has 20 heavy (non-hydrogen) atoms. The fourth-order valence-electron chi connectivity index (χ4n) is 2.48. The van der Waals surface area contributed by atoms with Gasteiger partial charge in [0.05, 0.1) is 12.7 Å². The molecule has 0 amide bonds. The molecule has 0 spiro atoms. The van der Waals surface area contributed by atoms with E-state index in [4.69, 9.17) is 16.3 Å². The first-order chi connectivity index (χ1) is 9.65. The van der Waals surface area contributed by atoms with E-state index in [0.717, 1.165) is 44.2 Å². The zero-order valence-corrected chi connectivity index (χ0v) is 13.2. The lowest BCUT2D eigenvalue weighted by Gasteiger charge is -2.35. The van der Waals surface area contributed by atoms with Crippen molar-refractivity contribution in [2.24, 2.45) is 0 Å². The van der Waals surface area contributed by atoms with Gasteiger partial charge in [-0.3, -0.25) is 4.90 Å². The summed E-state index contributed by atoms with van der Waals surface area (Å²) in [6, 6.07) is 8.67. The maximum Gasteiger partial charge on any atom is 0.0826 e. The summed E-state index contributed by atoms with van der Waals surface area (Å²) in [7, 11) is 0. The van der Waals surface area contributed by atoms with Crippen LogP contribution in [-0.4, -0.2) is 49.8 Å². The lowest BCUT2D eigenvalue weighted by atomic mass is 10.1. The van der Waals surface area contributed by atoms with E-state index < -0.39 is 0 Å². The summed E-state index contributed by atoms with van der Waals surface area (Å²) in [6.45, 7) is 9.33. The maximum absolute atomic E-state index is 5.88. The number of benzene rings is 1. The fourth-order valence-corrected chi connectivity index (χ4v) is 2.61.